The summed E-state index contributed by atoms with van der Waals surface area (Å²) in [6, 6.07) is 7.24. The maximum atomic E-state index is 7.81. The lowest BCUT2D eigenvalue weighted by atomic mass is 10.1. The molecule has 94 valence electrons. The zero-order valence-corrected chi connectivity index (χ0v) is 11.1. The Morgan fingerprint density at radius 2 is 2.12 bits per heavy atom. The molecular formula is C12H15Cl2NO2. The summed E-state index contributed by atoms with van der Waals surface area (Å²) in [5, 5.41) is 8.36. The van der Waals surface area contributed by atoms with Crippen molar-refractivity contribution >= 4 is 29.1 Å². The molecule has 1 rings (SSSR count). The minimum absolute atomic E-state index is 0.0470. The monoisotopic (exact) mass is 275 g/mol. The molecule has 0 aliphatic rings. The van der Waals surface area contributed by atoms with Crippen LogP contribution in [0.2, 0.25) is 5.02 Å². The fourth-order valence-corrected chi connectivity index (χ4v) is 1.71. The molecule has 0 aliphatic heterocycles. The second-order valence-electron chi connectivity index (χ2n) is 3.26. The van der Waals surface area contributed by atoms with E-state index >= 15 is 0 Å². The Labute approximate surface area is 111 Å². The van der Waals surface area contributed by atoms with Gasteiger partial charge in [0.15, 0.2) is 6.10 Å². The van der Waals surface area contributed by atoms with Crippen LogP contribution in [0.25, 0.3) is 0 Å². The minimum Gasteiger partial charge on any atom is -0.479 e. The number of nitrogens with one attached hydrogen (secondary N) is 1. The van der Waals surface area contributed by atoms with Gasteiger partial charge in [-0.1, -0.05) is 29.8 Å². The Morgan fingerprint density at radius 3 is 2.71 bits per heavy atom. The van der Waals surface area contributed by atoms with E-state index in [1.165, 1.54) is 0 Å². The second kappa shape index (κ2) is 7.54. The average molecular weight is 276 g/mol. The normalized spacial score (nSPS) is 12.2. The number of benzene rings is 1. The number of ether oxygens (including phenoxy) is 2. The summed E-state index contributed by atoms with van der Waals surface area (Å²) < 4.78 is 10.7. The maximum absolute atomic E-state index is 7.81. The maximum Gasteiger partial charge on any atom is 0.215 e. The van der Waals surface area contributed by atoms with Crippen molar-refractivity contribution in [3.8, 4) is 0 Å². The lowest BCUT2D eigenvalue weighted by Crippen LogP contribution is -2.19. The molecule has 0 aromatic heterocycles. The highest BCUT2D eigenvalue weighted by atomic mass is 35.5. The number of hydrogen-bond donors (Lipinski definition) is 1. The molecule has 0 fully saturated rings. The van der Waals surface area contributed by atoms with Crippen LogP contribution >= 0.6 is 23.2 Å². The first-order valence-corrected chi connectivity index (χ1v) is 6.25. The zero-order valence-electron chi connectivity index (χ0n) is 9.58. The van der Waals surface area contributed by atoms with Gasteiger partial charge in [-0.3, -0.25) is 5.41 Å². The Bertz CT molecular complexity index is 371. The molecule has 1 atom stereocenters. The Hall–Kier alpha value is -0.770. The summed E-state index contributed by atoms with van der Waals surface area (Å²) >= 11 is 11.7. The van der Waals surface area contributed by atoms with Crippen LogP contribution in [0.3, 0.4) is 0 Å². The minimum atomic E-state index is -0.595. The van der Waals surface area contributed by atoms with Gasteiger partial charge in [0, 0.05) is 16.5 Å². The van der Waals surface area contributed by atoms with E-state index in [0.717, 1.165) is 5.56 Å². The number of halogens is 2. The number of alkyl halides is 1. The van der Waals surface area contributed by atoms with Gasteiger partial charge in [0.1, 0.15) is 0 Å². The molecule has 0 aliphatic carbocycles. The zero-order chi connectivity index (χ0) is 12.7. The standard InChI is InChI=1S/C12H15Cl2NO2/c1-2-16-12(15)11(17-8-7-13)9-5-3-4-6-10(9)14/h3-6,11,15H,2,7-8H2,1H3. The SMILES string of the molecule is CCOC(=N)C(OCCCl)c1ccccc1Cl. The predicted molar refractivity (Wildman–Crippen MR) is 70.2 cm³/mol. The van der Waals surface area contributed by atoms with E-state index in [1.807, 2.05) is 25.1 Å². The van der Waals surface area contributed by atoms with Crippen LogP contribution < -0.4 is 0 Å². The van der Waals surface area contributed by atoms with Crippen molar-refractivity contribution in [1.82, 2.24) is 0 Å². The first-order chi connectivity index (χ1) is 8.20. The quantitative estimate of drug-likeness (QED) is 0.489. The summed E-state index contributed by atoms with van der Waals surface area (Å²) in [6.45, 7) is 2.58. The molecule has 1 aromatic rings. The molecule has 1 N–H and O–H groups in total. The van der Waals surface area contributed by atoms with Crippen LogP contribution in [0.15, 0.2) is 24.3 Å². The number of rotatable bonds is 6. The van der Waals surface area contributed by atoms with E-state index in [2.05, 4.69) is 0 Å². The predicted octanol–water partition coefficient (Wildman–Crippen LogP) is 3.65. The van der Waals surface area contributed by atoms with E-state index < -0.39 is 6.10 Å². The third-order valence-corrected chi connectivity index (χ3v) is 2.59. The van der Waals surface area contributed by atoms with Crippen molar-refractivity contribution in [1.29, 1.82) is 5.41 Å². The smallest absolute Gasteiger partial charge is 0.215 e. The van der Waals surface area contributed by atoms with Gasteiger partial charge >= 0.3 is 0 Å². The van der Waals surface area contributed by atoms with Gasteiger partial charge < -0.3 is 9.47 Å². The Morgan fingerprint density at radius 1 is 1.41 bits per heavy atom. The summed E-state index contributed by atoms with van der Waals surface area (Å²) in [4.78, 5) is 0. The van der Waals surface area contributed by atoms with Crippen molar-refractivity contribution in [2.75, 3.05) is 19.1 Å². The molecule has 0 saturated carbocycles. The third kappa shape index (κ3) is 4.19. The average Bonchev–Trinajstić information content (AvgIpc) is 2.32. The molecule has 17 heavy (non-hydrogen) atoms. The van der Waals surface area contributed by atoms with Gasteiger partial charge in [-0.05, 0) is 13.0 Å². The largest absolute Gasteiger partial charge is 0.479 e. The summed E-state index contributed by atoms with van der Waals surface area (Å²) in [7, 11) is 0. The molecule has 0 radical (unpaired) electrons. The molecule has 0 saturated heterocycles. The van der Waals surface area contributed by atoms with Crippen molar-refractivity contribution in [2.45, 2.75) is 13.0 Å². The molecule has 3 nitrogen and oxygen atoms in total. The van der Waals surface area contributed by atoms with Gasteiger partial charge in [-0.2, -0.15) is 0 Å². The van der Waals surface area contributed by atoms with Crippen molar-refractivity contribution in [3.63, 3.8) is 0 Å². The topological polar surface area (TPSA) is 42.3 Å². The molecule has 5 heteroatoms. The van der Waals surface area contributed by atoms with Crippen LogP contribution in [0.1, 0.15) is 18.6 Å². The van der Waals surface area contributed by atoms with Crippen LogP contribution in [0, 0.1) is 5.41 Å². The third-order valence-electron chi connectivity index (χ3n) is 2.09. The van der Waals surface area contributed by atoms with Gasteiger partial charge in [0.25, 0.3) is 0 Å². The highest BCUT2D eigenvalue weighted by Crippen LogP contribution is 2.26. The van der Waals surface area contributed by atoms with Crippen molar-refractivity contribution < 1.29 is 9.47 Å². The highest BCUT2D eigenvalue weighted by Gasteiger charge is 2.21. The van der Waals surface area contributed by atoms with Gasteiger partial charge in [0.05, 0.1) is 13.2 Å². The fraction of sp³-hybridized carbons (Fsp3) is 0.417. The lowest BCUT2D eigenvalue weighted by Gasteiger charge is -2.19. The molecular weight excluding hydrogens is 261 g/mol. The van der Waals surface area contributed by atoms with Crippen molar-refractivity contribution in [2.24, 2.45) is 0 Å². The van der Waals surface area contributed by atoms with E-state index in [1.54, 1.807) is 6.07 Å². The van der Waals surface area contributed by atoms with E-state index in [9.17, 15) is 0 Å². The van der Waals surface area contributed by atoms with Crippen LogP contribution in [-0.4, -0.2) is 25.0 Å². The highest BCUT2D eigenvalue weighted by molar-refractivity contribution is 6.31. The van der Waals surface area contributed by atoms with E-state index in [4.69, 9.17) is 38.1 Å². The van der Waals surface area contributed by atoms with Crippen LogP contribution in [0.5, 0.6) is 0 Å². The van der Waals surface area contributed by atoms with Gasteiger partial charge in [-0.15, -0.1) is 11.6 Å². The Balaban J connectivity index is 2.89. The lowest BCUT2D eigenvalue weighted by molar-refractivity contribution is 0.0890. The van der Waals surface area contributed by atoms with E-state index in [0.29, 0.717) is 24.1 Å². The van der Waals surface area contributed by atoms with E-state index in [-0.39, 0.29) is 5.90 Å². The first kappa shape index (κ1) is 14.3. The van der Waals surface area contributed by atoms with Crippen LogP contribution in [0.4, 0.5) is 0 Å². The fourth-order valence-electron chi connectivity index (χ4n) is 1.39. The summed E-state index contributed by atoms with van der Waals surface area (Å²) in [5.74, 6) is 0.408. The second-order valence-corrected chi connectivity index (χ2v) is 4.04. The molecule has 0 amide bonds. The molecule has 0 spiro atoms. The van der Waals surface area contributed by atoms with Gasteiger partial charge in [0.2, 0.25) is 5.90 Å². The summed E-state index contributed by atoms with van der Waals surface area (Å²) in [5.41, 5.74) is 0.720. The van der Waals surface area contributed by atoms with Gasteiger partial charge in [-0.25, -0.2) is 0 Å². The number of hydrogen-bond acceptors (Lipinski definition) is 3. The Kier molecular flexibility index (Phi) is 6.34. The molecule has 1 unspecified atom stereocenters. The summed E-state index contributed by atoms with van der Waals surface area (Å²) in [6.07, 6.45) is -0.595. The molecule has 0 heterocycles. The molecule has 0 bridgehead atoms. The molecule has 1 aromatic carbocycles. The first-order valence-electron chi connectivity index (χ1n) is 5.34. The van der Waals surface area contributed by atoms with Crippen LogP contribution in [-0.2, 0) is 9.47 Å². The van der Waals surface area contributed by atoms with Crippen molar-refractivity contribution in [3.05, 3.63) is 34.9 Å².